The number of aryl methyl sites for hydroxylation is 1. The van der Waals surface area contributed by atoms with Crippen LogP contribution in [0.5, 0.6) is 0 Å². The molecule has 1 aliphatic carbocycles. The number of nitrogens with zero attached hydrogens (tertiary/aromatic N) is 4. The molecule has 112 valence electrons. The van der Waals surface area contributed by atoms with Crippen molar-refractivity contribution in [2.45, 2.75) is 19.3 Å². The quantitative estimate of drug-likeness (QED) is 0.764. The zero-order valence-corrected chi connectivity index (χ0v) is 12.3. The fraction of sp³-hybridized carbons (Fsp3) is 0.312. The summed E-state index contributed by atoms with van der Waals surface area (Å²) in [5.41, 5.74) is 10.7. The lowest BCUT2D eigenvalue weighted by Gasteiger charge is -2.12. The van der Waals surface area contributed by atoms with Gasteiger partial charge in [-0.2, -0.15) is 9.61 Å². The summed E-state index contributed by atoms with van der Waals surface area (Å²) in [4.78, 5) is 9.14. The molecule has 22 heavy (non-hydrogen) atoms. The highest BCUT2D eigenvalue weighted by Gasteiger charge is 2.21. The molecule has 6 nitrogen and oxygen atoms in total. The third-order valence-electron chi connectivity index (χ3n) is 3.99. The van der Waals surface area contributed by atoms with Gasteiger partial charge in [0.2, 0.25) is 0 Å². The first kappa shape index (κ1) is 13.2. The molecular weight excluding hydrogens is 276 g/mol. The number of aromatic nitrogens is 4. The number of fused-ring (bicyclic) bond motifs is 2. The topological polar surface area (TPSA) is 81.1 Å². The van der Waals surface area contributed by atoms with E-state index >= 15 is 0 Å². The van der Waals surface area contributed by atoms with E-state index in [-0.39, 0.29) is 0 Å². The summed E-state index contributed by atoms with van der Waals surface area (Å²) >= 11 is 0. The number of hydrogen-bond donors (Lipinski definition) is 2. The van der Waals surface area contributed by atoms with Gasteiger partial charge in [-0.25, -0.2) is 4.98 Å². The summed E-state index contributed by atoms with van der Waals surface area (Å²) in [6.07, 6.45) is 5.01. The van der Waals surface area contributed by atoms with Crippen molar-refractivity contribution in [3.05, 3.63) is 41.7 Å². The summed E-state index contributed by atoms with van der Waals surface area (Å²) < 4.78 is 1.89. The van der Waals surface area contributed by atoms with Gasteiger partial charge in [-0.05, 0) is 31.4 Å². The fourth-order valence-electron chi connectivity index (χ4n) is 3.00. The van der Waals surface area contributed by atoms with Crippen LogP contribution in [-0.2, 0) is 12.8 Å². The van der Waals surface area contributed by atoms with Crippen LogP contribution in [0.1, 0.15) is 17.7 Å². The summed E-state index contributed by atoms with van der Waals surface area (Å²) in [5.74, 6) is 1.03. The average Bonchev–Trinajstić information content (AvgIpc) is 3.18. The highest BCUT2D eigenvalue weighted by molar-refractivity contribution is 5.65. The Kier molecular flexibility index (Phi) is 3.23. The molecule has 3 N–H and O–H groups in total. The number of pyridine rings is 1. The van der Waals surface area contributed by atoms with Gasteiger partial charge < -0.3 is 11.1 Å². The van der Waals surface area contributed by atoms with Crippen LogP contribution in [0.2, 0.25) is 0 Å². The average molecular weight is 294 g/mol. The molecule has 0 spiro atoms. The Hall–Kier alpha value is -2.47. The van der Waals surface area contributed by atoms with E-state index in [9.17, 15) is 0 Å². The number of nitrogens with one attached hydrogen (secondary N) is 1. The molecule has 0 saturated heterocycles. The first-order valence-electron chi connectivity index (χ1n) is 7.63. The maximum Gasteiger partial charge on any atom is 0.158 e. The molecule has 3 aromatic heterocycles. The zero-order valence-electron chi connectivity index (χ0n) is 12.3. The minimum atomic E-state index is 0.590. The van der Waals surface area contributed by atoms with Gasteiger partial charge in [0.05, 0.1) is 5.69 Å². The molecule has 0 atom stereocenters. The minimum Gasteiger partial charge on any atom is -0.368 e. The Morgan fingerprint density at radius 3 is 3.00 bits per heavy atom. The fourth-order valence-corrected chi connectivity index (χ4v) is 3.00. The van der Waals surface area contributed by atoms with Crippen LogP contribution in [0.25, 0.3) is 17.0 Å². The lowest BCUT2D eigenvalue weighted by atomic mass is 10.2. The van der Waals surface area contributed by atoms with Gasteiger partial charge in [0.1, 0.15) is 11.5 Å². The Balaban J connectivity index is 1.88. The van der Waals surface area contributed by atoms with E-state index in [0.717, 1.165) is 48.7 Å². The molecule has 0 saturated carbocycles. The molecule has 0 fully saturated rings. The molecule has 0 aliphatic heterocycles. The van der Waals surface area contributed by atoms with E-state index in [1.54, 1.807) is 6.20 Å². The van der Waals surface area contributed by atoms with Crippen molar-refractivity contribution in [2.24, 2.45) is 5.73 Å². The van der Waals surface area contributed by atoms with Crippen LogP contribution in [0, 0.1) is 0 Å². The minimum absolute atomic E-state index is 0.590. The number of nitrogens with two attached hydrogens (primary N) is 1. The first-order chi connectivity index (χ1) is 10.9. The van der Waals surface area contributed by atoms with Gasteiger partial charge >= 0.3 is 0 Å². The molecule has 6 heteroatoms. The predicted molar refractivity (Wildman–Crippen MR) is 85.8 cm³/mol. The molecule has 1 aliphatic rings. The highest BCUT2D eigenvalue weighted by atomic mass is 15.3. The van der Waals surface area contributed by atoms with E-state index in [1.165, 1.54) is 11.3 Å². The Bertz CT molecular complexity index is 808. The van der Waals surface area contributed by atoms with Gasteiger partial charge in [0.15, 0.2) is 5.65 Å². The predicted octanol–water partition coefficient (Wildman–Crippen LogP) is 1.65. The Morgan fingerprint density at radius 2 is 2.18 bits per heavy atom. The third-order valence-corrected chi connectivity index (χ3v) is 3.99. The molecule has 0 bridgehead atoms. The number of rotatable bonds is 4. The molecule has 3 aromatic rings. The van der Waals surface area contributed by atoms with Gasteiger partial charge in [-0.15, -0.1) is 0 Å². The van der Waals surface area contributed by atoms with Crippen molar-refractivity contribution in [3.8, 4) is 11.4 Å². The van der Waals surface area contributed by atoms with Crippen LogP contribution in [-0.4, -0.2) is 32.7 Å². The molecule has 4 rings (SSSR count). The van der Waals surface area contributed by atoms with Crippen molar-refractivity contribution in [1.29, 1.82) is 0 Å². The van der Waals surface area contributed by atoms with Crippen LogP contribution in [0.15, 0.2) is 30.5 Å². The standard InChI is InChI=1S/C16H18N6/c17-7-9-19-16-11-4-3-6-12(11)20-15-10-14(21-22(15)16)13-5-1-2-8-18-13/h1-2,5,8,10,19H,3-4,6-7,9,17H2. The largest absolute Gasteiger partial charge is 0.368 e. The van der Waals surface area contributed by atoms with E-state index in [0.29, 0.717) is 6.54 Å². The Morgan fingerprint density at radius 1 is 1.23 bits per heavy atom. The van der Waals surface area contributed by atoms with E-state index < -0.39 is 0 Å². The molecule has 0 aromatic carbocycles. The summed E-state index contributed by atoms with van der Waals surface area (Å²) in [7, 11) is 0. The second kappa shape index (κ2) is 5.38. The molecule has 0 amide bonds. The lowest BCUT2D eigenvalue weighted by molar-refractivity contribution is 0.893. The third kappa shape index (κ3) is 2.12. The van der Waals surface area contributed by atoms with E-state index in [4.69, 9.17) is 15.8 Å². The van der Waals surface area contributed by atoms with Crippen molar-refractivity contribution >= 4 is 11.5 Å². The molecule has 0 radical (unpaired) electrons. The van der Waals surface area contributed by atoms with Crippen molar-refractivity contribution in [2.75, 3.05) is 18.4 Å². The molecule has 0 unspecified atom stereocenters. The Labute approximate surface area is 128 Å². The van der Waals surface area contributed by atoms with E-state index in [1.807, 2.05) is 28.8 Å². The van der Waals surface area contributed by atoms with Crippen molar-refractivity contribution < 1.29 is 0 Å². The van der Waals surface area contributed by atoms with Gasteiger partial charge in [0.25, 0.3) is 0 Å². The highest BCUT2D eigenvalue weighted by Crippen LogP contribution is 2.29. The smallest absolute Gasteiger partial charge is 0.158 e. The van der Waals surface area contributed by atoms with Crippen LogP contribution in [0.3, 0.4) is 0 Å². The SMILES string of the molecule is NCCNc1c2c(nc3cc(-c4ccccn4)nn13)CCC2. The van der Waals surface area contributed by atoms with Crippen LogP contribution < -0.4 is 11.1 Å². The number of anilines is 1. The maximum absolute atomic E-state index is 5.64. The monoisotopic (exact) mass is 294 g/mol. The maximum atomic E-state index is 5.64. The van der Waals surface area contributed by atoms with Gasteiger partial charge in [-0.3, -0.25) is 4.98 Å². The van der Waals surface area contributed by atoms with Crippen molar-refractivity contribution in [3.63, 3.8) is 0 Å². The van der Waals surface area contributed by atoms with Crippen LogP contribution in [0.4, 0.5) is 5.82 Å². The molecular formula is C16H18N6. The normalized spacial score (nSPS) is 13.5. The van der Waals surface area contributed by atoms with E-state index in [2.05, 4.69) is 10.3 Å². The van der Waals surface area contributed by atoms with Gasteiger partial charge in [-0.1, -0.05) is 6.07 Å². The zero-order chi connectivity index (χ0) is 14.9. The summed E-state index contributed by atoms with van der Waals surface area (Å²) in [5, 5.41) is 8.12. The van der Waals surface area contributed by atoms with Crippen molar-refractivity contribution in [1.82, 2.24) is 19.6 Å². The molecule has 3 heterocycles. The second-order valence-corrected chi connectivity index (χ2v) is 5.47. The first-order valence-corrected chi connectivity index (χ1v) is 7.63. The van der Waals surface area contributed by atoms with Gasteiger partial charge in [0, 0.05) is 36.6 Å². The summed E-state index contributed by atoms with van der Waals surface area (Å²) in [6, 6.07) is 7.82. The lowest BCUT2D eigenvalue weighted by Crippen LogP contribution is -2.17. The summed E-state index contributed by atoms with van der Waals surface area (Å²) in [6.45, 7) is 1.32. The van der Waals surface area contributed by atoms with Crippen LogP contribution >= 0.6 is 0 Å². The number of hydrogen-bond acceptors (Lipinski definition) is 5. The second-order valence-electron chi connectivity index (χ2n) is 5.47.